The predicted octanol–water partition coefficient (Wildman–Crippen LogP) is 3.35. The van der Waals surface area contributed by atoms with Gasteiger partial charge < -0.3 is 10.5 Å². The molecule has 0 heterocycles. The Morgan fingerprint density at radius 2 is 1.79 bits per heavy atom. The molecule has 0 amide bonds. The van der Waals surface area contributed by atoms with Gasteiger partial charge in [0.05, 0.1) is 0 Å². The van der Waals surface area contributed by atoms with E-state index in [4.69, 9.17) is 15.9 Å². The van der Waals surface area contributed by atoms with Crippen LogP contribution in [0.5, 0.6) is 11.5 Å². The Labute approximate surface area is 109 Å². The molecule has 2 rings (SSSR count). The summed E-state index contributed by atoms with van der Waals surface area (Å²) >= 11 is 0. The maximum atomic E-state index is 13.7. The molecule has 19 heavy (non-hydrogen) atoms. The fourth-order valence-corrected chi connectivity index (χ4v) is 1.61. The zero-order chi connectivity index (χ0) is 14.0. The predicted molar refractivity (Wildman–Crippen MR) is 68.6 cm³/mol. The topological polar surface area (TPSA) is 59.1 Å². The highest BCUT2D eigenvalue weighted by Crippen LogP contribution is 2.28. The smallest absolute Gasteiger partial charge is 0.198 e. The number of aryl methyl sites for hydroxylation is 1. The van der Waals surface area contributed by atoms with Crippen LogP contribution in [-0.4, -0.2) is 5.84 Å². The van der Waals surface area contributed by atoms with Crippen LogP contribution in [0.2, 0.25) is 0 Å². The second-order valence-corrected chi connectivity index (χ2v) is 4.10. The van der Waals surface area contributed by atoms with E-state index < -0.39 is 23.2 Å². The van der Waals surface area contributed by atoms with Gasteiger partial charge in [0.25, 0.3) is 0 Å². The number of hydrogen-bond acceptors (Lipinski definition) is 2. The lowest BCUT2D eigenvalue weighted by molar-refractivity contribution is 0.407. The molecule has 3 nitrogen and oxygen atoms in total. The molecule has 2 aromatic rings. The van der Waals surface area contributed by atoms with Crippen molar-refractivity contribution >= 4 is 5.84 Å². The molecule has 98 valence electrons. The summed E-state index contributed by atoms with van der Waals surface area (Å²) in [6.45, 7) is 1.85. The fraction of sp³-hybridized carbons (Fsp3) is 0.0714. The van der Waals surface area contributed by atoms with Crippen LogP contribution in [0.4, 0.5) is 8.78 Å². The molecule has 0 aliphatic carbocycles. The molecule has 0 saturated heterocycles. The molecule has 0 radical (unpaired) electrons. The van der Waals surface area contributed by atoms with Gasteiger partial charge in [-0.1, -0.05) is 12.1 Å². The Morgan fingerprint density at radius 1 is 1.16 bits per heavy atom. The van der Waals surface area contributed by atoms with Gasteiger partial charge in [0.1, 0.15) is 11.6 Å². The van der Waals surface area contributed by atoms with Crippen LogP contribution in [0.25, 0.3) is 0 Å². The lowest BCUT2D eigenvalue weighted by Gasteiger charge is -2.09. The van der Waals surface area contributed by atoms with Crippen LogP contribution >= 0.6 is 0 Å². The molecule has 5 heteroatoms. The standard InChI is InChI=1S/C14H12F2N2O/c1-8-3-2-4-10(5-8)19-13-11(15)6-9(14(17)18)7-12(13)16/h2-7H,1H3,(H3,17,18). The molecule has 0 fully saturated rings. The monoisotopic (exact) mass is 262 g/mol. The highest BCUT2D eigenvalue weighted by Gasteiger charge is 2.14. The van der Waals surface area contributed by atoms with Crippen molar-refractivity contribution in [1.29, 1.82) is 5.41 Å². The third-order valence-corrected chi connectivity index (χ3v) is 2.52. The highest BCUT2D eigenvalue weighted by molar-refractivity contribution is 5.95. The van der Waals surface area contributed by atoms with E-state index >= 15 is 0 Å². The van der Waals surface area contributed by atoms with Crippen molar-refractivity contribution in [3.8, 4) is 11.5 Å². The molecule has 0 atom stereocenters. The first-order chi connectivity index (χ1) is 8.97. The molecule has 0 aliphatic rings. The highest BCUT2D eigenvalue weighted by atomic mass is 19.1. The van der Waals surface area contributed by atoms with Crippen molar-refractivity contribution in [2.75, 3.05) is 0 Å². The summed E-state index contributed by atoms with van der Waals surface area (Å²) < 4.78 is 32.7. The van der Waals surface area contributed by atoms with E-state index in [1.54, 1.807) is 18.2 Å². The van der Waals surface area contributed by atoms with E-state index in [1.807, 2.05) is 13.0 Å². The minimum atomic E-state index is -0.897. The first-order valence-corrected chi connectivity index (χ1v) is 5.55. The Morgan fingerprint density at radius 3 is 2.32 bits per heavy atom. The fourth-order valence-electron chi connectivity index (χ4n) is 1.61. The summed E-state index contributed by atoms with van der Waals surface area (Å²) in [7, 11) is 0. The minimum Gasteiger partial charge on any atom is -0.451 e. The molecule has 0 aliphatic heterocycles. The van der Waals surface area contributed by atoms with E-state index in [1.165, 1.54) is 0 Å². The first-order valence-electron chi connectivity index (χ1n) is 5.55. The molecule has 0 aromatic heterocycles. The molecule has 0 unspecified atom stereocenters. The van der Waals surface area contributed by atoms with Gasteiger partial charge in [-0.05, 0) is 36.8 Å². The molecule has 0 saturated carbocycles. The number of nitrogen functional groups attached to an aromatic ring is 1. The Kier molecular flexibility index (Phi) is 3.46. The third-order valence-electron chi connectivity index (χ3n) is 2.52. The molecule has 2 aromatic carbocycles. The number of hydrogen-bond donors (Lipinski definition) is 2. The van der Waals surface area contributed by atoms with Gasteiger partial charge in [0, 0.05) is 5.56 Å². The molecule has 0 spiro atoms. The van der Waals surface area contributed by atoms with Crippen LogP contribution in [0.1, 0.15) is 11.1 Å². The summed E-state index contributed by atoms with van der Waals surface area (Å²) in [5.74, 6) is -2.36. The van der Waals surface area contributed by atoms with Gasteiger partial charge in [-0.25, -0.2) is 8.78 Å². The van der Waals surface area contributed by atoms with Crippen molar-refractivity contribution in [3.63, 3.8) is 0 Å². The van der Waals surface area contributed by atoms with E-state index in [-0.39, 0.29) is 5.56 Å². The number of nitrogens with one attached hydrogen (secondary N) is 1. The van der Waals surface area contributed by atoms with Crippen molar-refractivity contribution in [1.82, 2.24) is 0 Å². The lowest BCUT2D eigenvalue weighted by Crippen LogP contribution is -2.12. The summed E-state index contributed by atoms with van der Waals surface area (Å²) in [5, 5.41) is 7.15. The number of rotatable bonds is 3. The number of ether oxygens (including phenoxy) is 1. The largest absolute Gasteiger partial charge is 0.451 e. The van der Waals surface area contributed by atoms with Gasteiger partial charge in [0.15, 0.2) is 17.4 Å². The lowest BCUT2D eigenvalue weighted by atomic mass is 10.2. The van der Waals surface area contributed by atoms with Crippen LogP contribution in [0.3, 0.4) is 0 Å². The summed E-state index contributed by atoms with van der Waals surface area (Å²) in [5.41, 5.74) is 6.08. The molecule has 3 N–H and O–H groups in total. The number of benzene rings is 2. The van der Waals surface area contributed by atoms with E-state index in [0.717, 1.165) is 17.7 Å². The Hall–Kier alpha value is -2.43. The van der Waals surface area contributed by atoms with Crippen molar-refractivity contribution in [2.45, 2.75) is 6.92 Å². The Balaban J connectivity index is 2.38. The Bertz CT molecular complexity index is 618. The number of nitrogens with two attached hydrogens (primary N) is 1. The average Bonchev–Trinajstić information content (AvgIpc) is 2.33. The van der Waals surface area contributed by atoms with E-state index in [9.17, 15) is 8.78 Å². The molecular formula is C14H12F2N2O. The second-order valence-electron chi connectivity index (χ2n) is 4.10. The maximum Gasteiger partial charge on any atom is 0.198 e. The molecular weight excluding hydrogens is 250 g/mol. The van der Waals surface area contributed by atoms with Crippen LogP contribution < -0.4 is 10.5 Å². The maximum absolute atomic E-state index is 13.7. The number of amidine groups is 1. The number of halogens is 2. The van der Waals surface area contributed by atoms with Crippen molar-refractivity contribution in [3.05, 3.63) is 59.2 Å². The van der Waals surface area contributed by atoms with E-state index in [0.29, 0.717) is 5.75 Å². The third kappa shape index (κ3) is 2.88. The van der Waals surface area contributed by atoms with E-state index in [2.05, 4.69) is 0 Å². The van der Waals surface area contributed by atoms with Crippen molar-refractivity contribution < 1.29 is 13.5 Å². The minimum absolute atomic E-state index is 0.0217. The second kappa shape index (κ2) is 5.06. The van der Waals surface area contributed by atoms with Gasteiger partial charge >= 0.3 is 0 Å². The average molecular weight is 262 g/mol. The summed E-state index contributed by atoms with van der Waals surface area (Å²) in [6.07, 6.45) is 0. The quantitative estimate of drug-likeness (QED) is 0.658. The van der Waals surface area contributed by atoms with Gasteiger partial charge in [-0.15, -0.1) is 0 Å². The summed E-state index contributed by atoms with van der Waals surface area (Å²) in [6, 6.07) is 8.78. The SMILES string of the molecule is Cc1cccc(Oc2c(F)cc(C(=N)N)cc2F)c1. The zero-order valence-electron chi connectivity index (χ0n) is 10.2. The summed E-state index contributed by atoms with van der Waals surface area (Å²) in [4.78, 5) is 0. The van der Waals surface area contributed by atoms with Gasteiger partial charge in [0.2, 0.25) is 0 Å². The van der Waals surface area contributed by atoms with Crippen molar-refractivity contribution in [2.24, 2.45) is 5.73 Å². The van der Waals surface area contributed by atoms with Crippen LogP contribution in [-0.2, 0) is 0 Å². The normalized spacial score (nSPS) is 10.3. The van der Waals surface area contributed by atoms with Gasteiger partial charge in [-0.2, -0.15) is 0 Å². The van der Waals surface area contributed by atoms with Crippen LogP contribution in [0, 0.1) is 24.0 Å². The molecule has 0 bridgehead atoms. The zero-order valence-corrected chi connectivity index (χ0v) is 10.2. The van der Waals surface area contributed by atoms with Crippen LogP contribution in [0.15, 0.2) is 36.4 Å². The van der Waals surface area contributed by atoms with Gasteiger partial charge in [-0.3, -0.25) is 5.41 Å². The first kappa shape index (κ1) is 13.0.